The third kappa shape index (κ3) is 4.48. The first kappa shape index (κ1) is 21.5. The number of rotatable bonds is 5. The number of aromatic nitrogens is 2. The van der Waals surface area contributed by atoms with E-state index in [4.69, 9.17) is 0 Å². The van der Waals surface area contributed by atoms with Crippen LogP contribution in [0, 0.1) is 10.1 Å². The number of likely N-dealkylation sites (N-methyl/N-ethyl adjacent to an activating group) is 1. The van der Waals surface area contributed by atoms with E-state index in [-0.39, 0.29) is 22.9 Å². The van der Waals surface area contributed by atoms with E-state index < -0.39 is 11.0 Å². The van der Waals surface area contributed by atoms with Crippen LogP contribution in [0.1, 0.15) is 27.7 Å². The van der Waals surface area contributed by atoms with Crippen molar-refractivity contribution < 1.29 is 14.8 Å². The molecule has 2 aromatic carbocycles. The molecule has 0 bridgehead atoms. The number of benzene rings is 2. The largest absolute Gasteiger partial charge is 0.382 e. The summed E-state index contributed by atoms with van der Waals surface area (Å²) in [6.07, 6.45) is 0.215. The van der Waals surface area contributed by atoms with Gasteiger partial charge in [-0.3, -0.25) is 14.9 Å². The lowest BCUT2D eigenvalue weighted by molar-refractivity contribution is -0.384. The highest BCUT2D eigenvalue weighted by Gasteiger charge is 2.27. The van der Waals surface area contributed by atoms with Crippen LogP contribution in [0.15, 0.2) is 60.8 Å². The number of carbonyl (C=O) groups is 1. The Balaban J connectivity index is 1.74. The molecule has 0 aliphatic carbocycles. The minimum atomic E-state index is -1.24. The Hall–Kier alpha value is -3.69. The van der Waals surface area contributed by atoms with Crippen LogP contribution in [0.25, 0.3) is 11.4 Å². The molecule has 1 fully saturated rings. The summed E-state index contributed by atoms with van der Waals surface area (Å²) in [7, 11) is 2.00. The molecule has 3 aromatic rings. The molecule has 4 rings (SSSR count). The van der Waals surface area contributed by atoms with E-state index in [1.165, 1.54) is 30.5 Å². The molecule has 0 saturated carbocycles. The monoisotopic (exact) mass is 433 g/mol. The van der Waals surface area contributed by atoms with Crippen LogP contribution in [-0.2, 0) is 0 Å². The van der Waals surface area contributed by atoms with Gasteiger partial charge in [0.25, 0.3) is 11.6 Å². The summed E-state index contributed by atoms with van der Waals surface area (Å²) in [4.78, 5) is 36.6. The van der Waals surface area contributed by atoms with E-state index in [2.05, 4.69) is 14.9 Å². The average molecular weight is 433 g/mol. The summed E-state index contributed by atoms with van der Waals surface area (Å²) in [5, 5.41) is 22.1. The van der Waals surface area contributed by atoms with Gasteiger partial charge in [-0.15, -0.1) is 0 Å². The highest BCUT2D eigenvalue weighted by Crippen LogP contribution is 2.28. The smallest absolute Gasteiger partial charge is 0.269 e. The van der Waals surface area contributed by atoms with Crippen LogP contribution >= 0.6 is 0 Å². The number of hydrogen-bond acceptors (Lipinski definition) is 7. The van der Waals surface area contributed by atoms with Crippen molar-refractivity contribution in [2.75, 3.05) is 33.2 Å². The van der Waals surface area contributed by atoms with E-state index in [0.29, 0.717) is 24.5 Å². The predicted molar refractivity (Wildman–Crippen MR) is 118 cm³/mol. The first-order valence-corrected chi connectivity index (χ1v) is 10.3. The van der Waals surface area contributed by atoms with Crippen molar-refractivity contribution in [3.8, 4) is 11.4 Å². The van der Waals surface area contributed by atoms with Gasteiger partial charge in [-0.1, -0.05) is 30.3 Å². The maximum absolute atomic E-state index is 13.3. The number of nitro groups is 1. The fraction of sp³-hybridized carbons (Fsp3) is 0.261. The fourth-order valence-electron chi connectivity index (χ4n) is 3.61. The van der Waals surface area contributed by atoms with Gasteiger partial charge in [0.1, 0.15) is 6.10 Å². The lowest BCUT2D eigenvalue weighted by Gasteiger charge is -2.32. The molecule has 1 aliphatic heterocycles. The van der Waals surface area contributed by atoms with Crippen molar-refractivity contribution in [2.45, 2.75) is 6.10 Å². The maximum Gasteiger partial charge on any atom is 0.269 e. The number of piperazine rings is 1. The van der Waals surface area contributed by atoms with E-state index in [1.54, 1.807) is 4.90 Å². The molecule has 9 nitrogen and oxygen atoms in total. The number of nitro benzene ring substituents is 1. The molecule has 1 saturated heterocycles. The van der Waals surface area contributed by atoms with E-state index >= 15 is 0 Å². The van der Waals surface area contributed by atoms with E-state index in [1.807, 2.05) is 37.4 Å². The number of aliphatic hydroxyl groups is 1. The zero-order valence-corrected chi connectivity index (χ0v) is 17.6. The third-order valence-electron chi connectivity index (χ3n) is 5.55. The third-order valence-corrected chi connectivity index (χ3v) is 5.55. The minimum absolute atomic E-state index is 0.0812. The molecule has 1 aliphatic rings. The maximum atomic E-state index is 13.3. The number of carbonyl (C=O) groups excluding carboxylic acids is 1. The standard InChI is InChI=1S/C23H23N5O4/c1-26-11-13-27(14-12-26)23(30)19-15-24-22(17-5-3-2-4-6-17)25-20(19)21(29)16-7-9-18(10-8-16)28(31)32/h2-10,15,21,29H,11-14H2,1H3. The zero-order chi connectivity index (χ0) is 22.7. The summed E-state index contributed by atoms with van der Waals surface area (Å²) in [5.74, 6) is 0.144. The second-order valence-corrected chi connectivity index (χ2v) is 7.71. The van der Waals surface area contributed by atoms with Crippen LogP contribution in [0.2, 0.25) is 0 Å². The number of amides is 1. The number of hydrogen-bond donors (Lipinski definition) is 1. The Kier molecular flexibility index (Phi) is 6.20. The van der Waals surface area contributed by atoms with Gasteiger partial charge >= 0.3 is 0 Å². The lowest BCUT2D eigenvalue weighted by atomic mass is 10.0. The number of nitrogens with zero attached hydrogens (tertiary/aromatic N) is 5. The number of non-ortho nitro benzene ring substituents is 1. The van der Waals surface area contributed by atoms with Gasteiger partial charge in [-0.05, 0) is 24.7 Å². The Morgan fingerprint density at radius 1 is 1.06 bits per heavy atom. The predicted octanol–water partition coefficient (Wildman–Crippen LogP) is 2.52. The fourth-order valence-corrected chi connectivity index (χ4v) is 3.61. The molecule has 0 radical (unpaired) electrons. The molecule has 1 unspecified atom stereocenters. The molecule has 164 valence electrons. The minimum Gasteiger partial charge on any atom is -0.382 e. The van der Waals surface area contributed by atoms with E-state index in [9.17, 15) is 20.0 Å². The van der Waals surface area contributed by atoms with Crippen LogP contribution in [0.5, 0.6) is 0 Å². The molecule has 2 heterocycles. The van der Waals surface area contributed by atoms with Crippen molar-refractivity contribution >= 4 is 11.6 Å². The van der Waals surface area contributed by atoms with Crippen molar-refractivity contribution in [1.29, 1.82) is 0 Å². The van der Waals surface area contributed by atoms with Gasteiger partial charge in [0.05, 0.1) is 16.2 Å². The second kappa shape index (κ2) is 9.21. The van der Waals surface area contributed by atoms with Crippen LogP contribution in [0.3, 0.4) is 0 Å². The summed E-state index contributed by atoms with van der Waals surface area (Å²) >= 11 is 0. The molecule has 32 heavy (non-hydrogen) atoms. The Morgan fingerprint density at radius 3 is 2.34 bits per heavy atom. The first-order chi connectivity index (χ1) is 15.4. The van der Waals surface area contributed by atoms with Crippen LogP contribution in [-0.4, -0.2) is 68.9 Å². The van der Waals surface area contributed by atoms with Crippen molar-refractivity contribution in [2.24, 2.45) is 0 Å². The topological polar surface area (TPSA) is 113 Å². The highest BCUT2D eigenvalue weighted by molar-refractivity contribution is 5.95. The average Bonchev–Trinajstić information content (AvgIpc) is 2.84. The Morgan fingerprint density at radius 2 is 1.72 bits per heavy atom. The summed E-state index contributed by atoms with van der Waals surface area (Å²) < 4.78 is 0. The van der Waals surface area contributed by atoms with Gasteiger partial charge in [0.15, 0.2) is 5.82 Å². The van der Waals surface area contributed by atoms with Crippen LogP contribution in [0.4, 0.5) is 5.69 Å². The van der Waals surface area contributed by atoms with Crippen molar-refractivity contribution in [3.63, 3.8) is 0 Å². The summed E-state index contributed by atoms with van der Waals surface area (Å²) in [6, 6.07) is 14.9. The zero-order valence-electron chi connectivity index (χ0n) is 17.6. The quantitative estimate of drug-likeness (QED) is 0.486. The molecule has 1 atom stereocenters. The van der Waals surface area contributed by atoms with Crippen molar-refractivity contribution in [3.05, 3.63) is 87.7 Å². The lowest BCUT2D eigenvalue weighted by Crippen LogP contribution is -2.47. The number of aliphatic hydroxyl groups excluding tert-OH is 1. The van der Waals surface area contributed by atoms with Gasteiger partial charge in [0, 0.05) is 50.1 Å². The molecule has 1 N–H and O–H groups in total. The molecule has 9 heteroatoms. The van der Waals surface area contributed by atoms with Crippen LogP contribution < -0.4 is 0 Å². The molecular formula is C23H23N5O4. The Bertz CT molecular complexity index is 1110. The molecular weight excluding hydrogens is 410 g/mol. The first-order valence-electron chi connectivity index (χ1n) is 10.3. The summed E-state index contributed by atoms with van der Waals surface area (Å²) in [6.45, 7) is 2.66. The summed E-state index contributed by atoms with van der Waals surface area (Å²) in [5.41, 5.74) is 1.48. The Labute approximate surface area is 185 Å². The molecule has 1 aromatic heterocycles. The molecule has 1 amide bonds. The van der Waals surface area contributed by atoms with Crippen molar-refractivity contribution in [1.82, 2.24) is 19.8 Å². The highest BCUT2D eigenvalue weighted by atomic mass is 16.6. The second-order valence-electron chi connectivity index (χ2n) is 7.71. The van der Waals surface area contributed by atoms with Gasteiger partial charge in [-0.2, -0.15) is 0 Å². The van der Waals surface area contributed by atoms with Gasteiger partial charge in [-0.25, -0.2) is 9.97 Å². The van der Waals surface area contributed by atoms with E-state index in [0.717, 1.165) is 18.7 Å². The van der Waals surface area contributed by atoms with Gasteiger partial charge in [0.2, 0.25) is 0 Å². The normalized spacial score (nSPS) is 15.4. The molecule has 0 spiro atoms. The SMILES string of the molecule is CN1CCN(C(=O)c2cnc(-c3ccccc3)nc2C(O)c2ccc([N+](=O)[O-])cc2)CC1. The van der Waals surface area contributed by atoms with Gasteiger partial charge < -0.3 is 14.9 Å².